The maximum Gasteiger partial charge on any atom is 0.260 e. The first kappa shape index (κ1) is 17.8. The minimum Gasteiger partial charge on any atom is -0.481 e. The molecule has 1 aromatic carbocycles. The van der Waals surface area contributed by atoms with Gasteiger partial charge in [-0.25, -0.2) is 0 Å². The largest absolute Gasteiger partial charge is 0.481 e. The summed E-state index contributed by atoms with van der Waals surface area (Å²) in [6.45, 7) is 6.49. The van der Waals surface area contributed by atoms with Gasteiger partial charge < -0.3 is 15.4 Å². The van der Waals surface area contributed by atoms with E-state index in [4.69, 9.17) is 16.3 Å². The van der Waals surface area contributed by atoms with Crippen LogP contribution in [0.2, 0.25) is 5.02 Å². The molecule has 118 valence electrons. The first-order chi connectivity index (χ1) is 9.97. The molecule has 0 bridgehead atoms. The van der Waals surface area contributed by atoms with Crippen molar-refractivity contribution >= 4 is 17.5 Å². The topological polar surface area (TPSA) is 50.4 Å². The van der Waals surface area contributed by atoms with Crippen molar-refractivity contribution in [3.63, 3.8) is 0 Å². The normalized spacial score (nSPS) is 13.6. The Morgan fingerprint density at radius 3 is 2.71 bits per heavy atom. The highest BCUT2D eigenvalue weighted by molar-refractivity contribution is 6.30. The SMILES string of the molecule is CCCC(C)NC(=O)C(C)Oc1ccc(Cl)cc1CNC. The number of ether oxygens (including phenoxy) is 1. The van der Waals surface area contributed by atoms with Crippen molar-refractivity contribution in [1.82, 2.24) is 10.6 Å². The quantitative estimate of drug-likeness (QED) is 0.775. The number of carbonyl (C=O) groups excluding carboxylic acids is 1. The van der Waals surface area contributed by atoms with Gasteiger partial charge in [-0.05, 0) is 45.5 Å². The predicted octanol–water partition coefficient (Wildman–Crippen LogP) is 3.13. The summed E-state index contributed by atoms with van der Waals surface area (Å²) >= 11 is 5.99. The van der Waals surface area contributed by atoms with Gasteiger partial charge in [0.1, 0.15) is 5.75 Å². The molecule has 2 N–H and O–H groups in total. The smallest absolute Gasteiger partial charge is 0.260 e. The lowest BCUT2D eigenvalue weighted by atomic mass is 10.2. The summed E-state index contributed by atoms with van der Waals surface area (Å²) in [7, 11) is 1.85. The standard InChI is InChI=1S/C16H25ClN2O2/c1-5-6-11(2)19-16(20)12(3)21-15-8-7-14(17)9-13(15)10-18-4/h7-9,11-12,18H,5-6,10H2,1-4H3,(H,19,20). The summed E-state index contributed by atoms with van der Waals surface area (Å²) in [6, 6.07) is 5.57. The first-order valence-electron chi connectivity index (χ1n) is 7.38. The van der Waals surface area contributed by atoms with E-state index in [9.17, 15) is 4.79 Å². The van der Waals surface area contributed by atoms with Crippen LogP contribution in [0.3, 0.4) is 0 Å². The highest BCUT2D eigenvalue weighted by Gasteiger charge is 2.18. The number of nitrogens with one attached hydrogen (secondary N) is 2. The molecule has 1 aromatic rings. The van der Waals surface area contributed by atoms with Gasteiger partial charge in [0.05, 0.1) is 0 Å². The zero-order valence-electron chi connectivity index (χ0n) is 13.2. The number of benzene rings is 1. The minimum atomic E-state index is -0.541. The van der Waals surface area contributed by atoms with Gasteiger partial charge in [-0.2, -0.15) is 0 Å². The third kappa shape index (κ3) is 5.94. The lowest BCUT2D eigenvalue weighted by Crippen LogP contribution is -2.41. The highest BCUT2D eigenvalue weighted by Crippen LogP contribution is 2.24. The Labute approximate surface area is 132 Å². The Bertz CT molecular complexity index is 466. The summed E-state index contributed by atoms with van der Waals surface area (Å²) in [5, 5.41) is 6.68. The molecule has 0 saturated heterocycles. The summed E-state index contributed by atoms with van der Waals surface area (Å²) < 4.78 is 5.78. The average Bonchev–Trinajstić information content (AvgIpc) is 2.42. The van der Waals surface area contributed by atoms with Gasteiger partial charge in [-0.15, -0.1) is 0 Å². The maximum absolute atomic E-state index is 12.1. The zero-order chi connectivity index (χ0) is 15.8. The fourth-order valence-corrected chi connectivity index (χ4v) is 2.30. The molecule has 0 heterocycles. The summed E-state index contributed by atoms with van der Waals surface area (Å²) in [5.74, 6) is 0.584. The molecular weight excluding hydrogens is 288 g/mol. The molecule has 0 aliphatic heterocycles. The average molecular weight is 313 g/mol. The number of hydrogen-bond acceptors (Lipinski definition) is 3. The second kappa shape index (κ2) is 8.90. The Morgan fingerprint density at radius 1 is 1.38 bits per heavy atom. The lowest BCUT2D eigenvalue weighted by molar-refractivity contribution is -0.127. The molecule has 1 rings (SSSR count). The van der Waals surface area contributed by atoms with Crippen molar-refractivity contribution in [2.45, 2.75) is 52.3 Å². The van der Waals surface area contributed by atoms with E-state index in [0.717, 1.165) is 18.4 Å². The van der Waals surface area contributed by atoms with Crippen LogP contribution in [0.5, 0.6) is 5.75 Å². The molecule has 5 heteroatoms. The van der Waals surface area contributed by atoms with Crippen molar-refractivity contribution in [1.29, 1.82) is 0 Å². The van der Waals surface area contributed by atoms with E-state index in [0.29, 0.717) is 17.3 Å². The van der Waals surface area contributed by atoms with Crippen LogP contribution in [-0.2, 0) is 11.3 Å². The molecule has 0 radical (unpaired) electrons. The second-order valence-corrected chi connectivity index (χ2v) is 5.68. The van der Waals surface area contributed by atoms with E-state index in [1.165, 1.54) is 0 Å². The van der Waals surface area contributed by atoms with Crippen LogP contribution in [0, 0.1) is 0 Å². The van der Waals surface area contributed by atoms with Gasteiger partial charge in [0.25, 0.3) is 5.91 Å². The van der Waals surface area contributed by atoms with Crippen LogP contribution in [-0.4, -0.2) is 25.1 Å². The molecule has 0 saturated carbocycles. The Hall–Kier alpha value is -1.26. The molecule has 0 aliphatic carbocycles. The molecule has 21 heavy (non-hydrogen) atoms. The van der Waals surface area contributed by atoms with Gasteiger partial charge in [-0.1, -0.05) is 24.9 Å². The number of amides is 1. The van der Waals surface area contributed by atoms with E-state index >= 15 is 0 Å². The van der Waals surface area contributed by atoms with E-state index in [-0.39, 0.29) is 11.9 Å². The molecule has 1 amide bonds. The highest BCUT2D eigenvalue weighted by atomic mass is 35.5. The Kier molecular flexibility index (Phi) is 7.54. The van der Waals surface area contributed by atoms with Crippen molar-refractivity contribution in [2.24, 2.45) is 0 Å². The number of halogens is 1. The Morgan fingerprint density at radius 2 is 2.10 bits per heavy atom. The van der Waals surface area contributed by atoms with E-state index < -0.39 is 6.10 Å². The zero-order valence-corrected chi connectivity index (χ0v) is 14.0. The molecule has 0 aliphatic rings. The Balaban J connectivity index is 2.69. The van der Waals surface area contributed by atoms with E-state index in [1.807, 2.05) is 20.0 Å². The van der Waals surface area contributed by atoms with Gasteiger partial charge in [0, 0.05) is 23.2 Å². The number of hydrogen-bond donors (Lipinski definition) is 2. The van der Waals surface area contributed by atoms with Crippen LogP contribution in [0.1, 0.15) is 39.2 Å². The first-order valence-corrected chi connectivity index (χ1v) is 7.75. The van der Waals surface area contributed by atoms with Crippen molar-refractivity contribution in [3.8, 4) is 5.75 Å². The summed E-state index contributed by atoms with van der Waals surface area (Å²) in [5.41, 5.74) is 0.936. The van der Waals surface area contributed by atoms with Gasteiger partial charge in [0.15, 0.2) is 6.10 Å². The van der Waals surface area contributed by atoms with Crippen LogP contribution in [0.15, 0.2) is 18.2 Å². The summed E-state index contributed by atoms with van der Waals surface area (Å²) in [4.78, 5) is 12.1. The second-order valence-electron chi connectivity index (χ2n) is 5.24. The molecule has 2 atom stereocenters. The molecule has 2 unspecified atom stereocenters. The van der Waals surface area contributed by atoms with Crippen LogP contribution < -0.4 is 15.4 Å². The van der Waals surface area contributed by atoms with E-state index in [1.54, 1.807) is 19.1 Å². The molecule has 0 fully saturated rings. The van der Waals surface area contributed by atoms with Crippen LogP contribution in [0.25, 0.3) is 0 Å². The predicted molar refractivity (Wildman–Crippen MR) is 86.8 cm³/mol. The molecular formula is C16H25ClN2O2. The minimum absolute atomic E-state index is 0.0960. The summed E-state index contributed by atoms with van der Waals surface area (Å²) in [6.07, 6.45) is 1.46. The van der Waals surface area contributed by atoms with Gasteiger partial charge in [0.2, 0.25) is 0 Å². The van der Waals surface area contributed by atoms with Crippen LogP contribution in [0.4, 0.5) is 0 Å². The molecule has 0 aromatic heterocycles. The van der Waals surface area contributed by atoms with Crippen molar-refractivity contribution in [2.75, 3.05) is 7.05 Å². The van der Waals surface area contributed by atoms with Gasteiger partial charge in [-0.3, -0.25) is 4.79 Å². The number of rotatable bonds is 8. The monoisotopic (exact) mass is 312 g/mol. The van der Waals surface area contributed by atoms with E-state index in [2.05, 4.69) is 17.6 Å². The number of carbonyl (C=O) groups is 1. The molecule has 0 spiro atoms. The van der Waals surface area contributed by atoms with Crippen molar-refractivity contribution < 1.29 is 9.53 Å². The third-order valence-corrected chi connectivity index (χ3v) is 3.41. The molecule has 4 nitrogen and oxygen atoms in total. The lowest BCUT2D eigenvalue weighted by Gasteiger charge is -2.20. The maximum atomic E-state index is 12.1. The fourth-order valence-electron chi connectivity index (χ4n) is 2.10. The van der Waals surface area contributed by atoms with Gasteiger partial charge >= 0.3 is 0 Å². The third-order valence-electron chi connectivity index (χ3n) is 3.17. The van der Waals surface area contributed by atoms with Crippen molar-refractivity contribution in [3.05, 3.63) is 28.8 Å². The fraction of sp³-hybridized carbons (Fsp3) is 0.562. The van der Waals surface area contributed by atoms with Crippen LogP contribution >= 0.6 is 11.6 Å².